The molecule has 0 spiro atoms. The molecule has 1 saturated carbocycles. The SMILES string of the molecule is CCNCCS(=O)(=O)N(C)C1CCCCC1O. The van der Waals surface area contributed by atoms with Gasteiger partial charge in [-0.25, -0.2) is 8.42 Å². The van der Waals surface area contributed by atoms with E-state index in [0.29, 0.717) is 13.0 Å². The number of aliphatic hydroxyl groups is 1. The molecule has 0 aromatic heterocycles. The van der Waals surface area contributed by atoms with E-state index in [1.54, 1.807) is 7.05 Å². The minimum Gasteiger partial charge on any atom is -0.391 e. The van der Waals surface area contributed by atoms with E-state index in [9.17, 15) is 13.5 Å². The van der Waals surface area contributed by atoms with Crippen molar-refractivity contribution in [3.8, 4) is 0 Å². The molecule has 2 unspecified atom stereocenters. The lowest BCUT2D eigenvalue weighted by molar-refractivity contribution is 0.0638. The molecule has 1 aliphatic rings. The summed E-state index contributed by atoms with van der Waals surface area (Å²) in [5, 5.41) is 12.9. The zero-order valence-electron chi connectivity index (χ0n) is 10.7. The van der Waals surface area contributed by atoms with Gasteiger partial charge in [0.1, 0.15) is 0 Å². The van der Waals surface area contributed by atoms with Crippen molar-refractivity contribution in [1.29, 1.82) is 0 Å². The number of rotatable bonds is 6. The highest BCUT2D eigenvalue weighted by atomic mass is 32.2. The van der Waals surface area contributed by atoms with E-state index >= 15 is 0 Å². The fourth-order valence-electron chi connectivity index (χ4n) is 2.24. The highest BCUT2D eigenvalue weighted by molar-refractivity contribution is 7.89. The van der Waals surface area contributed by atoms with E-state index in [1.165, 1.54) is 4.31 Å². The van der Waals surface area contributed by atoms with Gasteiger partial charge in [-0.15, -0.1) is 0 Å². The molecule has 0 amide bonds. The van der Waals surface area contributed by atoms with Crippen LogP contribution >= 0.6 is 0 Å². The molecule has 6 heteroatoms. The van der Waals surface area contributed by atoms with Crippen LogP contribution in [0.2, 0.25) is 0 Å². The zero-order chi connectivity index (χ0) is 12.9. The molecule has 0 radical (unpaired) electrons. The van der Waals surface area contributed by atoms with Gasteiger partial charge in [0.15, 0.2) is 0 Å². The summed E-state index contributed by atoms with van der Waals surface area (Å²) < 4.78 is 25.4. The fraction of sp³-hybridized carbons (Fsp3) is 1.00. The Morgan fingerprint density at radius 1 is 1.35 bits per heavy atom. The summed E-state index contributed by atoms with van der Waals surface area (Å²) in [5.41, 5.74) is 0. The number of hydrogen-bond acceptors (Lipinski definition) is 4. The van der Waals surface area contributed by atoms with Crippen molar-refractivity contribution in [3.63, 3.8) is 0 Å². The number of aliphatic hydroxyl groups excluding tert-OH is 1. The summed E-state index contributed by atoms with van der Waals surface area (Å²) in [7, 11) is -1.67. The Labute approximate surface area is 104 Å². The molecule has 102 valence electrons. The highest BCUT2D eigenvalue weighted by Gasteiger charge is 2.32. The molecule has 0 bridgehead atoms. The third-order valence-electron chi connectivity index (χ3n) is 3.39. The first kappa shape index (κ1) is 14.9. The molecule has 2 atom stereocenters. The number of hydrogen-bond donors (Lipinski definition) is 2. The minimum atomic E-state index is -3.25. The lowest BCUT2D eigenvalue weighted by atomic mass is 9.93. The molecule has 2 N–H and O–H groups in total. The van der Waals surface area contributed by atoms with E-state index in [0.717, 1.165) is 25.8 Å². The van der Waals surface area contributed by atoms with Gasteiger partial charge < -0.3 is 10.4 Å². The second kappa shape index (κ2) is 6.68. The standard InChI is InChI=1S/C11H24N2O3S/c1-3-12-8-9-17(15,16)13(2)10-6-4-5-7-11(10)14/h10-12,14H,3-9H2,1-2H3. The van der Waals surface area contributed by atoms with Crippen molar-refractivity contribution in [2.24, 2.45) is 0 Å². The predicted molar refractivity (Wildman–Crippen MR) is 68.4 cm³/mol. The maximum atomic E-state index is 12.0. The molecule has 0 aliphatic heterocycles. The van der Waals surface area contributed by atoms with Gasteiger partial charge in [0.25, 0.3) is 0 Å². The van der Waals surface area contributed by atoms with Gasteiger partial charge in [-0.3, -0.25) is 0 Å². The average Bonchev–Trinajstić information content (AvgIpc) is 2.29. The van der Waals surface area contributed by atoms with Crippen LogP contribution in [0.3, 0.4) is 0 Å². The van der Waals surface area contributed by atoms with Crippen LogP contribution in [-0.4, -0.2) is 55.9 Å². The molecule has 0 saturated heterocycles. The minimum absolute atomic E-state index is 0.0978. The summed E-state index contributed by atoms with van der Waals surface area (Å²) in [6.45, 7) is 3.18. The smallest absolute Gasteiger partial charge is 0.215 e. The Kier molecular flexibility index (Phi) is 5.85. The van der Waals surface area contributed by atoms with Gasteiger partial charge in [0.2, 0.25) is 10.0 Å². The Balaban J connectivity index is 2.57. The molecule has 1 rings (SSSR count). The number of nitrogens with zero attached hydrogens (tertiary/aromatic N) is 1. The van der Waals surface area contributed by atoms with Crippen LogP contribution in [0.15, 0.2) is 0 Å². The topological polar surface area (TPSA) is 69.6 Å². The Morgan fingerprint density at radius 2 is 2.00 bits per heavy atom. The summed E-state index contributed by atoms with van der Waals surface area (Å²) in [6, 6.07) is -0.240. The van der Waals surface area contributed by atoms with Crippen molar-refractivity contribution in [3.05, 3.63) is 0 Å². The number of sulfonamides is 1. The number of nitrogens with one attached hydrogen (secondary N) is 1. The molecule has 17 heavy (non-hydrogen) atoms. The molecule has 5 nitrogen and oxygen atoms in total. The Morgan fingerprint density at radius 3 is 2.59 bits per heavy atom. The van der Waals surface area contributed by atoms with Gasteiger partial charge in [0.05, 0.1) is 17.9 Å². The van der Waals surface area contributed by atoms with Crippen LogP contribution in [-0.2, 0) is 10.0 Å². The van der Waals surface area contributed by atoms with Gasteiger partial charge in [-0.1, -0.05) is 19.8 Å². The second-order valence-corrected chi connectivity index (χ2v) is 6.75. The van der Waals surface area contributed by atoms with Gasteiger partial charge in [-0.2, -0.15) is 4.31 Å². The maximum absolute atomic E-state index is 12.0. The third-order valence-corrected chi connectivity index (χ3v) is 5.25. The van der Waals surface area contributed by atoms with E-state index < -0.39 is 16.1 Å². The summed E-state index contributed by atoms with van der Waals surface area (Å²) in [6.07, 6.45) is 2.94. The molecule has 0 heterocycles. The van der Waals surface area contributed by atoms with E-state index in [-0.39, 0.29) is 11.8 Å². The predicted octanol–water partition coefficient (Wildman–Crippen LogP) is 0.161. The lowest BCUT2D eigenvalue weighted by Gasteiger charge is -2.34. The van der Waals surface area contributed by atoms with Gasteiger partial charge in [0, 0.05) is 13.6 Å². The van der Waals surface area contributed by atoms with Crippen LogP contribution in [0.4, 0.5) is 0 Å². The zero-order valence-corrected chi connectivity index (χ0v) is 11.5. The highest BCUT2D eigenvalue weighted by Crippen LogP contribution is 2.24. The normalized spacial score (nSPS) is 26.4. The van der Waals surface area contributed by atoms with Crippen molar-refractivity contribution in [2.45, 2.75) is 44.8 Å². The first-order chi connectivity index (χ1) is 7.99. The molecule has 1 aliphatic carbocycles. The van der Waals surface area contributed by atoms with Crippen molar-refractivity contribution >= 4 is 10.0 Å². The molecular weight excluding hydrogens is 240 g/mol. The van der Waals surface area contributed by atoms with Gasteiger partial charge in [-0.05, 0) is 19.4 Å². The lowest BCUT2D eigenvalue weighted by Crippen LogP contribution is -2.47. The molecular formula is C11H24N2O3S. The van der Waals surface area contributed by atoms with E-state index in [4.69, 9.17) is 0 Å². The van der Waals surface area contributed by atoms with Crippen molar-refractivity contribution in [2.75, 3.05) is 25.9 Å². The fourth-order valence-corrected chi connectivity index (χ4v) is 3.59. The number of likely N-dealkylation sites (N-methyl/N-ethyl adjacent to an activating group) is 1. The van der Waals surface area contributed by atoms with Crippen LogP contribution in [0.25, 0.3) is 0 Å². The van der Waals surface area contributed by atoms with Crippen LogP contribution in [0.5, 0.6) is 0 Å². The van der Waals surface area contributed by atoms with Crippen molar-refractivity contribution in [1.82, 2.24) is 9.62 Å². The Bertz CT molecular complexity index is 319. The molecule has 0 aromatic rings. The van der Waals surface area contributed by atoms with Crippen LogP contribution in [0.1, 0.15) is 32.6 Å². The molecule has 1 fully saturated rings. The monoisotopic (exact) mass is 264 g/mol. The maximum Gasteiger partial charge on any atom is 0.215 e. The Hall–Kier alpha value is -0.170. The molecule has 0 aromatic carbocycles. The van der Waals surface area contributed by atoms with Gasteiger partial charge >= 0.3 is 0 Å². The van der Waals surface area contributed by atoms with Crippen LogP contribution < -0.4 is 5.32 Å². The average molecular weight is 264 g/mol. The first-order valence-corrected chi connectivity index (χ1v) is 7.94. The van der Waals surface area contributed by atoms with E-state index in [2.05, 4.69) is 5.32 Å². The quantitative estimate of drug-likeness (QED) is 0.671. The van der Waals surface area contributed by atoms with Crippen molar-refractivity contribution < 1.29 is 13.5 Å². The summed E-state index contributed by atoms with van der Waals surface area (Å²) in [5.74, 6) is 0.0978. The van der Waals surface area contributed by atoms with Crippen LogP contribution in [0, 0.1) is 0 Å². The van der Waals surface area contributed by atoms with E-state index in [1.807, 2.05) is 6.92 Å². The summed E-state index contributed by atoms with van der Waals surface area (Å²) in [4.78, 5) is 0. The third kappa shape index (κ3) is 4.21. The first-order valence-electron chi connectivity index (χ1n) is 6.33. The second-order valence-electron chi connectivity index (χ2n) is 4.60. The summed E-state index contributed by atoms with van der Waals surface area (Å²) >= 11 is 0. The largest absolute Gasteiger partial charge is 0.391 e.